The van der Waals surface area contributed by atoms with Gasteiger partial charge in [-0.3, -0.25) is 15.1 Å². The maximum Gasteiger partial charge on any atom is 0.343 e. The van der Waals surface area contributed by atoms with Crippen molar-refractivity contribution in [1.29, 1.82) is 0 Å². The van der Waals surface area contributed by atoms with Gasteiger partial charge >= 0.3 is 5.69 Å². The van der Waals surface area contributed by atoms with Crippen molar-refractivity contribution in [3.63, 3.8) is 0 Å². The summed E-state index contributed by atoms with van der Waals surface area (Å²) in [5, 5.41) is 16.6. The molecule has 0 unspecified atom stereocenters. The molecule has 4 rings (SSSR count). The largest absolute Gasteiger partial charge is 0.343 e. The van der Waals surface area contributed by atoms with E-state index in [1.807, 2.05) is 37.3 Å². The second kappa shape index (κ2) is 8.02. The van der Waals surface area contributed by atoms with E-state index >= 15 is 0 Å². The molecule has 0 fully saturated rings. The normalized spacial score (nSPS) is 10.8. The zero-order valence-electron chi connectivity index (χ0n) is 15.2. The van der Waals surface area contributed by atoms with Crippen LogP contribution in [-0.4, -0.2) is 19.9 Å². The Balaban J connectivity index is 1.77. The summed E-state index contributed by atoms with van der Waals surface area (Å²) < 4.78 is 0. The van der Waals surface area contributed by atoms with Gasteiger partial charge in [0.25, 0.3) is 0 Å². The minimum Gasteiger partial charge on any atom is -0.334 e. The number of halogens is 1. The van der Waals surface area contributed by atoms with Crippen molar-refractivity contribution in [2.75, 3.05) is 5.32 Å². The Morgan fingerprint density at radius 1 is 1.07 bits per heavy atom. The van der Waals surface area contributed by atoms with E-state index in [-0.39, 0.29) is 16.5 Å². The highest BCUT2D eigenvalue weighted by Gasteiger charge is 2.25. The summed E-state index contributed by atoms with van der Waals surface area (Å²) in [6, 6.07) is 14.8. The lowest BCUT2D eigenvalue weighted by Crippen LogP contribution is -2.04. The Labute approximate surface area is 175 Å². The monoisotopic (exact) mass is 423 g/mol. The van der Waals surface area contributed by atoms with Gasteiger partial charge in [-0.2, -0.15) is 0 Å². The third-order valence-electron chi connectivity index (χ3n) is 4.29. The van der Waals surface area contributed by atoms with Crippen LogP contribution < -0.4 is 5.32 Å². The van der Waals surface area contributed by atoms with E-state index < -0.39 is 4.92 Å². The lowest BCUT2D eigenvalue weighted by molar-refractivity contribution is -0.387. The van der Waals surface area contributed by atoms with E-state index in [4.69, 9.17) is 11.6 Å². The van der Waals surface area contributed by atoms with Crippen LogP contribution in [0.4, 0.5) is 17.2 Å². The van der Waals surface area contributed by atoms with Crippen molar-refractivity contribution < 1.29 is 4.92 Å². The van der Waals surface area contributed by atoms with E-state index in [9.17, 15) is 10.1 Å². The van der Waals surface area contributed by atoms with E-state index in [0.29, 0.717) is 10.7 Å². The number of benzene rings is 2. The van der Waals surface area contributed by atoms with Crippen LogP contribution >= 0.6 is 23.4 Å². The summed E-state index contributed by atoms with van der Waals surface area (Å²) in [7, 11) is 0. The average Bonchev–Trinajstić information content (AvgIpc) is 2.72. The van der Waals surface area contributed by atoms with Gasteiger partial charge in [0.1, 0.15) is 6.33 Å². The van der Waals surface area contributed by atoms with Crippen LogP contribution in [0.5, 0.6) is 0 Å². The zero-order valence-corrected chi connectivity index (χ0v) is 16.7. The number of fused-ring (bicyclic) bond motifs is 1. The number of nitrogens with zero attached hydrogens (tertiary/aromatic N) is 4. The number of rotatable bonds is 5. The standard InChI is InChI=1S/C20H14ClN5O2S/c1-12-14(21)7-3-8-15(12)25-19-18(26(27)28)20(24-11-23-19)29-16-9-2-5-13-6-4-10-22-17(13)16/h2-11H,1H3,(H,23,24,25). The highest BCUT2D eigenvalue weighted by molar-refractivity contribution is 7.99. The van der Waals surface area contributed by atoms with Crippen LogP contribution in [0.25, 0.3) is 10.9 Å². The molecule has 0 saturated carbocycles. The highest BCUT2D eigenvalue weighted by Crippen LogP contribution is 2.40. The topological polar surface area (TPSA) is 93.8 Å². The van der Waals surface area contributed by atoms with Gasteiger partial charge in [0, 0.05) is 27.2 Å². The summed E-state index contributed by atoms with van der Waals surface area (Å²) in [5.74, 6) is 0.103. The van der Waals surface area contributed by atoms with E-state index in [2.05, 4.69) is 20.3 Å². The Morgan fingerprint density at radius 2 is 1.86 bits per heavy atom. The molecule has 144 valence electrons. The predicted octanol–water partition coefficient (Wildman–Crippen LogP) is 5.79. The number of hydrogen-bond acceptors (Lipinski definition) is 7. The summed E-state index contributed by atoms with van der Waals surface area (Å²) in [6.07, 6.45) is 2.99. The molecule has 1 N–H and O–H groups in total. The Bertz CT molecular complexity index is 1230. The Hall–Kier alpha value is -3.23. The van der Waals surface area contributed by atoms with Crippen LogP contribution in [0.3, 0.4) is 0 Å². The van der Waals surface area contributed by atoms with Crippen molar-refractivity contribution in [2.45, 2.75) is 16.8 Å². The molecule has 9 heteroatoms. The third kappa shape index (κ3) is 3.85. The van der Waals surface area contributed by atoms with Crippen LogP contribution in [0.2, 0.25) is 5.02 Å². The summed E-state index contributed by atoms with van der Waals surface area (Å²) in [4.78, 5) is 24.8. The van der Waals surface area contributed by atoms with Gasteiger partial charge in [-0.15, -0.1) is 0 Å². The summed E-state index contributed by atoms with van der Waals surface area (Å²) in [6.45, 7) is 1.83. The van der Waals surface area contributed by atoms with Gasteiger partial charge < -0.3 is 5.32 Å². The molecule has 0 saturated heterocycles. The third-order valence-corrected chi connectivity index (χ3v) is 5.75. The van der Waals surface area contributed by atoms with Gasteiger partial charge in [0.05, 0.1) is 10.4 Å². The SMILES string of the molecule is Cc1c(Cl)cccc1Nc1ncnc(Sc2cccc3cccnc23)c1[N+](=O)[O-]. The molecule has 7 nitrogen and oxygen atoms in total. The molecule has 4 aromatic rings. The van der Waals surface area contributed by atoms with Gasteiger partial charge in [0.15, 0.2) is 5.03 Å². The maximum atomic E-state index is 11.9. The molecule has 2 heterocycles. The average molecular weight is 424 g/mol. The van der Waals surface area contributed by atoms with Gasteiger partial charge in [-0.1, -0.05) is 47.6 Å². The smallest absolute Gasteiger partial charge is 0.334 e. The summed E-state index contributed by atoms with van der Waals surface area (Å²) in [5.41, 5.74) is 1.97. The molecule has 29 heavy (non-hydrogen) atoms. The molecule has 2 aromatic carbocycles. The van der Waals surface area contributed by atoms with Gasteiger partial charge in [-0.05, 0) is 36.8 Å². The number of anilines is 2. The van der Waals surface area contributed by atoms with Crippen molar-refractivity contribution in [3.05, 3.63) is 81.8 Å². The second-order valence-corrected chi connectivity index (χ2v) is 7.54. The first kappa shape index (κ1) is 19.1. The minimum absolute atomic E-state index is 0.103. The van der Waals surface area contributed by atoms with Gasteiger partial charge in [-0.25, -0.2) is 9.97 Å². The van der Waals surface area contributed by atoms with E-state index in [1.54, 1.807) is 24.4 Å². The predicted molar refractivity (Wildman–Crippen MR) is 114 cm³/mol. The Morgan fingerprint density at radius 3 is 2.69 bits per heavy atom. The fraction of sp³-hybridized carbons (Fsp3) is 0.0500. The molecule has 0 aliphatic heterocycles. The van der Waals surface area contributed by atoms with Crippen molar-refractivity contribution in [3.8, 4) is 0 Å². The minimum atomic E-state index is -0.483. The Kier molecular flexibility index (Phi) is 5.28. The zero-order chi connectivity index (χ0) is 20.4. The quantitative estimate of drug-likeness (QED) is 0.246. The first-order chi connectivity index (χ1) is 14.0. The molecule has 0 aliphatic carbocycles. The maximum absolute atomic E-state index is 11.9. The number of para-hydroxylation sites is 1. The molecule has 0 bridgehead atoms. The highest BCUT2D eigenvalue weighted by atomic mass is 35.5. The van der Waals surface area contributed by atoms with Crippen LogP contribution in [0.1, 0.15) is 5.56 Å². The van der Waals surface area contributed by atoms with Crippen LogP contribution in [-0.2, 0) is 0 Å². The molecular weight excluding hydrogens is 410 g/mol. The molecule has 0 amide bonds. The number of aromatic nitrogens is 3. The number of pyridine rings is 1. The molecule has 0 atom stereocenters. The summed E-state index contributed by atoms with van der Waals surface area (Å²) >= 11 is 7.34. The van der Waals surface area contributed by atoms with E-state index in [1.165, 1.54) is 18.1 Å². The van der Waals surface area contributed by atoms with E-state index in [0.717, 1.165) is 21.4 Å². The molecular formula is C20H14ClN5O2S. The van der Waals surface area contributed by atoms with Gasteiger partial charge in [0.2, 0.25) is 5.82 Å². The lowest BCUT2D eigenvalue weighted by atomic mass is 10.2. The molecule has 0 radical (unpaired) electrons. The fourth-order valence-electron chi connectivity index (χ4n) is 2.83. The van der Waals surface area contributed by atoms with Crippen LogP contribution in [0, 0.1) is 17.0 Å². The molecule has 0 spiro atoms. The second-order valence-electron chi connectivity index (χ2n) is 6.10. The number of nitro groups is 1. The van der Waals surface area contributed by atoms with Crippen LogP contribution in [0.15, 0.2) is 71.0 Å². The number of hydrogen-bond donors (Lipinski definition) is 1. The number of nitrogens with one attached hydrogen (secondary N) is 1. The van der Waals surface area contributed by atoms with Crippen molar-refractivity contribution in [1.82, 2.24) is 15.0 Å². The molecule has 0 aliphatic rings. The molecule has 2 aromatic heterocycles. The lowest BCUT2D eigenvalue weighted by Gasteiger charge is -2.11. The first-order valence-corrected chi connectivity index (χ1v) is 9.77. The first-order valence-electron chi connectivity index (χ1n) is 8.57. The van der Waals surface area contributed by atoms with Crippen molar-refractivity contribution in [2.24, 2.45) is 0 Å². The fourth-order valence-corrected chi connectivity index (χ4v) is 3.99. The van der Waals surface area contributed by atoms with Crippen molar-refractivity contribution >= 4 is 51.5 Å².